The number of hydrogen-bond acceptors (Lipinski definition) is 6. The van der Waals surface area contributed by atoms with E-state index in [4.69, 9.17) is 4.74 Å². The number of likely N-dealkylation sites (tertiary alicyclic amines) is 2. The minimum atomic E-state index is 0.206. The Kier molecular flexibility index (Phi) is 8.70. The normalized spacial score (nSPS) is 26.2. The van der Waals surface area contributed by atoms with Crippen LogP contribution in [0.2, 0.25) is 0 Å². The van der Waals surface area contributed by atoms with Crippen LogP contribution < -0.4 is 5.32 Å². The molecule has 0 radical (unpaired) electrons. The van der Waals surface area contributed by atoms with Gasteiger partial charge in [0.25, 0.3) is 0 Å². The largest absolute Gasteiger partial charge is 0.379 e. The van der Waals surface area contributed by atoms with Crippen molar-refractivity contribution in [3.05, 3.63) is 30.1 Å². The van der Waals surface area contributed by atoms with Crippen LogP contribution in [0.5, 0.6) is 0 Å². The molecule has 1 N–H and O–H groups in total. The SMILES string of the molecule is O=C(CC[C@H]1CN(Cc2cccnc2)CC[C@H]1N1CCCC1)NCCN1CCOCC1. The quantitative estimate of drug-likeness (QED) is 0.643. The van der Waals surface area contributed by atoms with E-state index in [2.05, 4.69) is 31.1 Å². The minimum absolute atomic E-state index is 0.206. The van der Waals surface area contributed by atoms with Gasteiger partial charge in [-0.15, -0.1) is 0 Å². The van der Waals surface area contributed by atoms with E-state index in [0.717, 1.165) is 65.4 Å². The predicted molar refractivity (Wildman–Crippen MR) is 122 cm³/mol. The number of pyridine rings is 1. The molecule has 0 bridgehead atoms. The molecular formula is C24H39N5O2. The summed E-state index contributed by atoms with van der Waals surface area (Å²) in [4.78, 5) is 24.4. The number of rotatable bonds is 9. The van der Waals surface area contributed by atoms with Crippen LogP contribution >= 0.6 is 0 Å². The van der Waals surface area contributed by atoms with Gasteiger partial charge in [0.15, 0.2) is 0 Å². The van der Waals surface area contributed by atoms with Gasteiger partial charge in [-0.25, -0.2) is 0 Å². The van der Waals surface area contributed by atoms with Gasteiger partial charge in [0.05, 0.1) is 13.2 Å². The van der Waals surface area contributed by atoms with E-state index in [1.807, 2.05) is 18.5 Å². The van der Waals surface area contributed by atoms with E-state index in [1.165, 1.54) is 37.9 Å². The van der Waals surface area contributed by atoms with Crippen molar-refractivity contribution in [2.24, 2.45) is 5.92 Å². The van der Waals surface area contributed by atoms with Crippen molar-refractivity contribution in [2.45, 2.75) is 44.7 Å². The lowest BCUT2D eigenvalue weighted by Crippen LogP contribution is -2.50. The summed E-state index contributed by atoms with van der Waals surface area (Å²) in [5, 5.41) is 3.15. The first-order valence-corrected chi connectivity index (χ1v) is 12.2. The first kappa shape index (κ1) is 22.6. The van der Waals surface area contributed by atoms with Gasteiger partial charge >= 0.3 is 0 Å². The molecule has 4 rings (SSSR count). The van der Waals surface area contributed by atoms with Crippen molar-refractivity contribution in [3.63, 3.8) is 0 Å². The second-order valence-corrected chi connectivity index (χ2v) is 9.30. The fraction of sp³-hybridized carbons (Fsp3) is 0.750. The maximum absolute atomic E-state index is 12.5. The van der Waals surface area contributed by atoms with Crippen molar-refractivity contribution < 1.29 is 9.53 Å². The summed E-state index contributed by atoms with van der Waals surface area (Å²) in [6, 6.07) is 4.82. The molecule has 3 fully saturated rings. The molecule has 2 atom stereocenters. The van der Waals surface area contributed by atoms with Crippen molar-refractivity contribution >= 4 is 5.91 Å². The Bertz CT molecular complexity index is 661. The molecule has 3 saturated heterocycles. The summed E-state index contributed by atoms with van der Waals surface area (Å²) < 4.78 is 5.39. The highest BCUT2D eigenvalue weighted by Gasteiger charge is 2.34. The highest BCUT2D eigenvalue weighted by molar-refractivity contribution is 5.75. The van der Waals surface area contributed by atoms with Crippen LogP contribution in [0.25, 0.3) is 0 Å². The van der Waals surface area contributed by atoms with Crippen molar-refractivity contribution in [2.75, 3.05) is 65.6 Å². The fourth-order valence-corrected chi connectivity index (χ4v) is 5.41. The number of aromatic nitrogens is 1. The first-order valence-electron chi connectivity index (χ1n) is 12.2. The maximum Gasteiger partial charge on any atom is 0.220 e. The number of amides is 1. The molecule has 172 valence electrons. The van der Waals surface area contributed by atoms with Gasteiger partial charge < -0.3 is 15.0 Å². The molecule has 0 saturated carbocycles. The molecule has 3 aliphatic rings. The summed E-state index contributed by atoms with van der Waals surface area (Å²) in [7, 11) is 0. The second-order valence-electron chi connectivity index (χ2n) is 9.30. The minimum Gasteiger partial charge on any atom is -0.379 e. The van der Waals surface area contributed by atoms with Crippen LogP contribution in [0.4, 0.5) is 0 Å². The van der Waals surface area contributed by atoms with Gasteiger partial charge in [-0.1, -0.05) is 6.07 Å². The van der Waals surface area contributed by atoms with Crippen LogP contribution in [-0.2, 0) is 16.1 Å². The Morgan fingerprint density at radius 3 is 2.74 bits per heavy atom. The Balaban J connectivity index is 1.25. The molecular weight excluding hydrogens is 390 g/mol. The van der Waals surface area contributed by atoms with E-state index in [0.29, 0.717) is 18.4 Å². The number of carbonyl (C=O) groups is 1. The lowest BCUT2D eigenvalue weighted by Gasteiger charge is -2.43. The second kappa shape index (κ2) is 11.9. The van der Waals surface area contributed by atoms with Gasteiger partial charge in [0, 0.05) is 64.1 Å². The summed E-state index contributed by atoms with van der Waals surface area (Å²) in [5.74, 6) is 0.770. The summed E-state index contributed by atoms with van der Waals surface area (Å²) in [6.07, 6.45) is 9.29. The van der Waals surface area contributed by atoms with Gasteiger partial charge in [-0.3, -0.25) is 19.6 Å². The van der Waals surface area contributed by atoms with Crippen molar-refractivity contribution in [1.82, 2.24) is 25.0 Å². The summed E-state index contributed by atoms with van der Waals surface area (Å²) >= 11 is 0. The Hall–Kier alpha value is -1.54. The van der Waals surface area contributed by atoms with E-state index < -0.39 is 0 Å². The third-order valence-electron chi connectivity index (χ3n) is 7.11. The molecule has 31 heavy (non-hydrogen) atoms. The smallest absolute Gasteiger partial charge is 0.220 e. The number of piperidine rings is 1. The molecule has 1 aromatic rings. The number of ether oxygens (including phenoxy) is 1. The number of morpholine rings is 1. The number of hydrogen-bond donors (Lipinski definition) is 1. The predicted octanol–water partition coefficient (Wildman–Crippen LogP) is 1.60. The van der Waals surface area contributed by atoms with Gasteiger partial charge in [-0.2, -0.15) is 0 Å². The third kappa shape index (κ3) is 6.97. The lowest BCUT2D eigenvalue weighted by atomic mass is 9.87. The van der Waals surface area contributed by atoms with Gasteiger partial charge in [0.2, 0.25) is 5.91 Å². The fourth-order valence-electron chi connectivity index (χ4n) is 5.41. The average molecular weight is 430 g/mol. The molecule has 7 heteroatoms. The molecule has 0 spiro atoms. The summed E-state index contributed by atoms with van der Waals surface area (Å²) in [6.45, 7) is 10.9. The zero-order valence-electron chi connectivity index (χ0n) is 18.9. The summed E-state index contributed by atoms with van der Waals surface area (Å²) in [5.41, 5.74) is 1.28. The van der Waals surface area contributed by atoms with Crippen LogP contribution in [-0.4, -0.2) is 97.2 Å². The monoisotopic (exact) mass is 429 g/mol. The number of nitrogens with one attached hydrogen (secondary N) is 1. The third-order valence-corrected chi connectivity index (χ3v) is 7.11. The molecule has 0 aromatic carbocycles. The Labute approximate surface area is 187 Å². The van der Waals surface area contributed by atoms with Crippen molar-refractivity contribution in [1.29, 1.82) is 0 Å². The van der Waals surface area contributed by atoms with Crippen molar-refractivity contribution in [3.8, 4) is 0 Å². The molecule has 4 heterocycles. The lowest BCUT2D eigenvalue weighted by molar-refractivity contribution is -0.121. The standard InChI is InChI=1S/C24H39N5O2/c30-24(26-9-13-27-14-16-31-17-15-27)6-5-22-20-28(19-21-4-3-8-25-18-21)12-7-23(22)29-10-1-2-11-29/h3-4,8,18,22-23H,1-2,5-7,9-17,19-20H2,(H,26,30)/t22-,23+/m0/s1. The van der Waals surface area contributed by atoms with Gasteiger partial charge in [-0.05, 0) is 62.9 Å². The highest BCUT2D eigenvalue weighted by Crippen LogP contribution is 2.29. The van der Waals surface area contributed by atoms with E-state index >= 15 is 0 Å². The zero-order chi connectivity index (χ0) is 21.3. The van der Waals surface area contributed by atoms with Crippen LogP contribution in [0.15, 0.2) is 24.5 Å². The molecule has 7 nitrogen and oxygen atoms in total. The van der Waals surface area contributed by atoms with Crippen LogP contribution in [0.1, 0.15) is 37.7 Å². The molecule has 0 unspecified atom stereocenters. The highest BCUT2D eigenvalue weighted by atomic mass is 16.5. The van der Waals surface area contributed by atoms with E-state index in [-0.39, 0.29) is 5.91 Å². The van der Waals surface area contributed by atoms with E-state index in [9.17, 15) is 4.79 Å². The van der Waals surface area contributed by atoms with Crippen LogP contribution in [0, 0.1) is 5.92 Å². The van der Waals surface area contributed by atoms with Gasteiger partial charge in [0.1, 0.15) is 0 Å². The Morgan fingerprint density at radius 1 is 1.13 bits per heavy atom. The molecule has 1 amide bonds. The average Bonchev–Trinajstić information content (AvgIpc) is 3.34. The van der Waals surface area contributed by atoms with Crippen LogP contribution in [0.3, 0.4) is 0 Å². The molecule has 0 aliphatic carbocycles. The topological polar surface area (TPSA) is 60.9 Å². The number of carbonyl (C=O) groups excluding carboxylic acids is 1. The van der Waals surface area contributed by atoms with E-state index in [1.54, 1.807) is 0 Å². The Morgan fingerprint density at radius 2 is 1.97 bits per heavy atom. The molecule has 3 aliphatic heterocycles. The first-order chi connectivity index (χ1) is 15.3. The zero-order valence-corrected chi connectivity index (χ0v) is 18.9. The number of nitrogens with zero attached hydrogens (tertiary/aromatic N) is 4. The maximum atomic E-state index is 12.5. The molecule has 1 aromatic heterocycles.